The minimum atomic E-state index is -0.665. The van der Waals surface area contributed by atoms with Crippen LogP contribution in [0.2, 0.25) is 0 Å². The van der Waals surface area contributed by atoms with Crippen LogP contribution in [0.3, 0.4) is 0 Å². The summed E-state index contributed by atoms with van der Waals surface area (Å²) in [6, 6.07) is 12.3. The third-order valence-electron chi connectivity index (χ3n) is 6.78. The summed E-state index contributed by atoms with van der Waals surface area (Å²) in [6.45, 7) is 4.24. The number of likely N-dealkylation sites (tertiary alicyclic amines) is 1. The van der Waals surface area contributed by atoms with Crippen molar-refractivity contribution in [3.8, 4) is 11.5 Å². The van der Waals surface area contributed by atoms with Gasteiger partial charge < -0.3 is 19.5 Å². The highest BCUT2D eigenvalue weighted by Gasteiger charge is 2.49. The smallest absolute Gasteiger partial charge is 0.295 e. The second-order valence-corrected chi connectivity index (χ2v) is 9.03. The third-order valence-corrected chi connectivity index (χ3v) is 6.78. The van der Waals surface area contributed by atoms with Crippen LogP contribution < -0.4 is 9.47 Å². The number of aliphatic hydroxyl groups is 1. The largest absolute Gasteiger partial charge is 0.507 e. The van der Waals surface area contributed by atoms with Crippen molar-refractivity contribution in [2.45, 2.75) is 57.5 Å². The van der Waals surface area contributed by atoms with Crippen LogP contribution in [0.4, 0.5) is 0 Å². The maximum atomic E-state index is 13.3. The number of hydrogen-bond acceptors (Lipinski definition) is 5. The van der Waals surface area contributed by atoms with E-state index in [0.717, 1.165) is 31.2 Å². The van der Waals surface area contributed by atoms with Crippen molar-refractivity contribution in [1.82, 2.24) is 4.90 Å². The van der Waals surface area contributed by atoms with E-state index >= 15 is 0 Å². The molecular formula is C27H31NO5. The first kappa shape index (κ1) is 22.9. The molecule has 4 rings (SSSR count). The SMILES string of the molecule is COc1ccc(OC)c(/C(O)=C2\C(=O)C(=O)N(C3CCCC3)C2c2ccc(C(C)C)cc2)c1. The van der Waals surface area contributed by atoms with Crippen LogP contribution in [-0.4, -0.2) is 42.0 Å². The van der Waals surface area contributed by atoms with Crippen molar-refractivity contribution < 1.29 is 24.2 Å². The minimum Gasteiger partial charge on any atom is -0.507 e. The number of rotatable bonds is 6. The molecule has 1 saturated heterocycles. The molecule has 1 N–H and O–H groups in total. The molecule has 2 aromatic rings. The summed E-state index contributed by atoms with van der Waals surface area (Å²) < 4.78 is 10.8. The number of carbonyl (C=O) groups is 2. The van der Waals surface area contributed by atoms with Gasteiger partial charge in [-0.2, -0.15) is 0 Å². The van der Waals surface area contributed by atoms with Crippen molar-refractivity contribution in [3.63, 3.8) is 0 Å². The summed E-state index contributed by atoms with van der Waals surface area (Å²) >= 11 is 0. The zero-order valence-corrected chi connectivity index (χ0v) is 19.6. The highest BCUT2D eigenvalue weighted by atomic mass is 16.5. The number of amides is 1. The molecule has 1 saturated carbocycles. The average molecular weight is 450 g/mol. The van der Waals surface area contributed by atoms with E-state index < -0.39 is 17.7 Å². The van der Waals surface area contributed by atoms with Gasteiger partial charge in [0.15, 0.2) is 0 Å². The number of nitrogens with zero attached hydrogens (tertiary/aromatic N) is 1. The molecule has 1 heterocycles. The zero-order chi connectivity index (χ0) is 23.7. The van der Waals surface area contributed by atoms with Gasteiger partial charge in [0.2, 0.25) is 0 Å². The monoisotopic (exact) mass is 449 g/mol. The number of ketones is 1. The molecule has 1 aliphatic carbocycles. The molecule has 1 amide bonds. The Morgan fingerprint density at radius 1 is 1.00 bits per heavy atom. The standard InChI is InChI=1S/C27H31NO5/c1-16(2)17-9-11-18(12-10-17)24-23(26(30)27(31)28(24)19-7-5-6-8-19)25(29)21-15-20(32-3)13-14-22(21)33-4/h9-16,19,24,29H,5-8H2,1-4H3/b25-23+. The molecule has 1 aliphatic heterocycles. The molecular weight excluding hydrogens is 418 g/mol. The quantitative estimate of drug-likeness (QED) is 0.373. The second kappa shape index (κ2) is 9.30. The fraction of sp³-hybridized carbons (Fsp3) is 0.407. The van der Waals surface area contributed by atoms with E-state index in [9.17, 15) is 14.7 Å². The number of benzene rings is 2. The number of hydrogen-bond donors (Lipinski definition) is 1. The van der Waals surface area contributed by atoms with Crippen LogP contribution in [-0.2, 0) is 9.59 Å². The molecule has 33 heavy (non-hydrogen) atoms. The van der Waals surface area contributed by atoms with Gasteiger partial charge in [0.05, 0.1) is 31.4 Å². The van der Waals surface area contributed by atoms with Crippen LogP contribution in [0.25, 0.3) is 5.76 Å². The first-order chi connectivity index (χ1) is 15.9. The van der Waals surface area contributed by atoms with E-state index in [2.05, 4.69) is 13.8 Å². The zero-order valence-electron chi connectivity index (χ0n) is 19.6. The molecule has 6 heteroatoms. The van der Waals surface area contributed by atoms with Crippen molar-refractivity contribution in [3.05, 3.63) is 64.7 Å². The molecule has 2 aliphatic rings. The summed E-state index contributed by atoms with van der Waals surface area (Å²) in [6.07, 6.45) is 3.76. The van der Waals surface area contributed by atoms with Gasteiger partial charge >= 0.3 is 0 Å². The van der Waals surface area contributed by atoms with Crippen LogP contribution in [0.15, 0.2) is 48.0 Å². The Balaban J connectivity index is 1.91. The predicted octanol–water partition coefficient (Wildman–Crippen LogP) is 5.19. The number of aliphatic hydroxyl groups excluding tert-OH is 1. The minimum absolute atomic E-state index is 0.0197. The molecule has 0 bridgehead atoms. The Labute approximate surface area is 194 Å². The predicted molar refractivity (Wildman–Crippen MR) is 126 cm³/mol. The highest BCUT2D eigenvalue weighted by molar-refractivity contribution is 6.46. The lowest BCUT2D eigenvalue weighted by atomic mass is 9.92. The fourth-order valence-corrected chi connectivity index (χ4v) is 4.94. The van der Waals surface area contributed by atoms with Gasteiger partial charge in [-0.3, -0.25) is 9.59 Å². The Morgan fingerprint density at radius 2 is 1.67 bits per heavy atom. The van der Waals surface area contributed by atoms with Crippen LogP contribution in [0.5, 0.6) is 11.5 Å². The maximum Gasteiger partial charge on any atom is 0.295 e. The van der Waals surface area contributed by atoms with Crippen LogP contribution in [0.1, 0.15) is 68.2 Å². The van der Waals surface area contributed by atoms with E-state index in [4.69, 9.17) is 9.47 Å². The second-order valence-electron chi connectivity index (χ2n) is 9.03. The summed E-state index contributed by atoms with van der Waals surface area (Å²) in [4.78, 5) is 28.3. The lowest BCUT2D eigenvalue weighted by Crippen LogP contribution is -2.37. The molecule has 6 nitrogen and oxygen atoms in total. The topological polar surface area (TPSA) is 76.1 Å². The first-order valence-corrected chi connectivity index (χ1v) is 11.5. The summed E-state index contributed by atoms with van der Waals surface area (Å²) in [5, 5.41) is 11.4. The van der Waals surface area contributed by atoms with E-state index in [1.54, 1.807) is 23.1 Å². The third kappa shape index (κ3) is 4.10. The first-order valence-electron chi connectivity index (χ1n) is 11.5. The molecule has 2 aromatic carbocycles. The van der Waals surface area contributed by atoms with E-state index in [-0.39, 0.29) is 17.4 Å². The van der Waals surface area contributed by atoms with Crippen molar-refractivity contribution in [1.29, 1.82) is 0 Å². The lowest BCUT2D eigenvalue weighted by molar-refractivity contribution is -0.141. The van der Waals surface area contributed by atoms with Crippen LogP contribution >= 0.6 is 0 Å². The number of methoxy groups -OCH3 is 2. The normalized spacial score (nSPS) is 20.6. The van der Waals surface area contributed by atoms with Crippen molar-refractivity contribution in [2.75, 3.05) is 14.2 Å². The van der Waals surface area contributed by atoms with Gasteiger partial charge in [-0.15, -0.1) is 0 Å². The number of Topliss-reactive ketones (excluding diaryl/α,β-unsaturated/α-hetero) is 1. The van der Waals surface area contributed by atoms with Gasteiger partial charge in [0, 0.05) is 6.04 Å². The van der Waals surface area contributed by atoms with E-state index in [1.165, 1.54) is 19.8 Å². The van der Waals surface area contributed by atoms with Gasteiger partial charge in [-0.05, 0) is 48.1 Å². The van der Waals surface area contributed by atoms with Crippen molar-refractivity contribution >= 4 is 17.4 Å². The van der Waals surface area contributed by atoms with E-state index in [0.29, 0.717) is 23.0 Å². The average Bonchev–Trinajstić information content (AvgIpc) is 3.45. The molecule has 1 unspecified atom stereocenters. The van der Waals surface area contributed by atoms with Crippen molar-refractivity contribution in [2.24, 2.45) is 0 Å². The lowest BCUT2D eigenvalue weighted by Gasteiger charge is -2.31. The van der Waals surface area contributed by atoms with Gasteiger partial charge in [-0.1, -0.05) is 51.0 Å². The number of carbonyl (C=O) groups excluding carboxylic acids is 2. The summed E-state index contributed by atoms with van der Waals surface area (Å²) in [7, 11) is 3.03. The molecule has 1 atom stereocenters. The fourth-order valence-electron chi connectivity index (χ4n) is 4.94. The van der Waals surface area contributed by atoms with Crippen LogP contribution in [0, 0.1) is 0 Å². The molecule has 0 radical (unpaired) electrons. The molecule has 0 aromatic heterocycles. The summed E-state index contributed by atoms with van der Waals surface area (Å²) in [5.41, 5.74) is 2.40. The van der Waals surface area contributed by atoms with Gasteiger partial charge in [-0.25, -0.2) is 0 Å². The highest BCUT2D eigenvalue weighted by Crippen LogP contribution is 2.45. The Hall–Kier alpha value is -3.28. The molecule has 2 fully saturated rings. The molecule has 174 valence electrons. The Kier molecular flexibility index (Phi) is 6.45. The maximum absolute atomic E-state index is 13.3. The Bertz CT molecular complexity index is 1080. The number of ether oxygens (including phenoxy) is 2. The van der Waals surface area contributed by atoms with Gasteiger partial charge in [0.25, 0.3) is 11.7 Å². The Morgan fingerprint density at radius 3 is 2.24 bits per heavy atom. The molecule has 0 spiro atoms. The van der Waals surface area contributed by atoms with E-state index in [1.807, 2.05) is 24.3 Å². The summed E-state index contributed by atoms with van der Waals surface area (Å²) in [5.74, 6) is -0.191. The van der Waals surface area contributed by atoms with Gasteiger partial charge in [0.1, 0.15) is 17.3 Å².